The monoisotopic (exact) mass is 740 g/mol. The molecule has 6 saturated heterocycles. The molecule has 6 fully saturated rings. The number of nitrogens with two attached hydrogens (primary N) is 2. The molecule has 0 aromatic heterocycles. The summed E-state index contributed by atoms with van der Waals surface area (Å²) >= 11 is 0. The van der Waals surface area contributed by atoms with Crippen LogP contribution in [0.25, 0.3) is 11.1 Å². The van der Waals surface area contributed by atoms with Crippen LogP contribution in [0, 0.1) is 11.8 Å². The number of quaternary nitrogens is 4. The molecule has 0 spiro atoms. The summed E-state index contributed by atoms with van der Waals surface area (Å²) in [6.07, 6.45) is 0.271. The molecule has 6 N–H and O–H groups in total. The number of aliphatic carboxylic acids is 2. The largest absolute Gasteiger partial charge is 0.481 e. The fraction of sp³-hybridized carbons (Fsp3) is 0.476. The highest BCUT2D eigenvalue weighted by Crippen LogP contribution is 2.34. The van der Waals surface area contributed by atoms with Gasteiger partial charge in [0.15, 0.2) is 13.1 Å². The van der Waals surface area contributed by atoms with Crippen LogP contribution in [0.15, 0.2) is 72.8 Å². The van der Waals surface area contributed by atoms with E-state index >= 15 is 0 Å². The third-order valence-electron chi connectivity index (χ3n) is 13.5. The van der Waals surface area contributed by atoms with Gasteiger partial charge in [-0.2, -0.15) is 0 Å². The molecular formula is C42H56N6O6+4. The van der Waals surface area contributed by atoms with Crippen LogP contribution in [0.4, 0.5) is 0 Å². The molecule has 2 atom stereocenters. The molecule has 3 aromatic carbocycles. The number of carboxylic acids is 2. The minimum absolute atomic E-state index is 0.121. The first-order chi connectivity index (χ1) is 25.8. The lowest BCUT2D eigenvalue weighted by Crippen LogP contribution is -2.75. The third-order valence-corrected chi connectivity index (χ3v) is 13.5. The lowest BCUT2D eigenvalue weighted by atomic mass is 9.82. The van der Waals surface area contributed by atoms with E-state index in [4.69, 9.17) is 11.5 Å². The van der Waals surface area contributed by atoms with Gasteiger partial charge >= 0.3 is 11.9 Å². The first-order valence-corrected chi connectivity index (χ1v) is 19.5. The maximum absolute atomic E-state index is 12.5. The number of carbonyl (C=O) groups is 4. The molecule has 54 heavy (non-hydrogen) atoms. The molecule has 6 aliphatic heterocycles. The number of hydrogen-bond acceptors (Lipinski definition) is 4. The highest BCUT2D eigenvalue weighted by molar-refractivity contribution is 5.80. The molecule has 3 aromatic rings. The molecule has 0 aliphatic carbocycles. The molecular weight excluding hydrogens is 684 g/mol. The Labute approximate surface area is 317 Å². The fourth-order valence-corrected chi connectivity index (χ4v) is 10.1. The molecule has 0 radical (unpaired) electrons. The third kappa shape index (κ3) is 8.22. The quantitative estimate of drug-likeness (QED) is 0.164. The van der Waals surface area contributed by atoms with E-state index in [2.05, 4.69) is 18.2 Å². The van der Waals surface area contributed by atoms with Crippen LogP contribution in [0.1, 0.15) is 22.3 Å². The highest BCUT2D eigenvalue weighted by Gasteiger charge is 2.51. The Bertz CT molecular complexity index is 1780. The van der Waals surface area contributed by atoms with Crippen molar-refractivity contribution in [2.75, 3.05) is 91.6 Å². The van der Waals surface area contributed by atoms with Crippen LogP contribution >= 0.6 is 0 Å². The van der Waals surface area contributed by atoms with E-state index in [-0.39, 0.29) is 24.7 Å². The number of fused-ring (bicyclic) bond motifs is 6. The molecule has 4 bridgehead atoms. The Balaban J connectivity index is 1.13. The van der Waals surface area contributed by atoms with Crippen LogP contribution in [0.5, 0.6) is 0 Å². The van der Waals surface area contributed by atoms with Crippen LogP contribution < -0.4 is 11.5 Å². The van der Waals surface area contributed by atoms with Crippen LogP contribution in [0.2, 0.25) is 0 Å². The van der Waals surface area contributed by atoms with E-state index in [1.54, 1.807) is 0 Å². The van der Waals surface area contributed by atoms with Gasteiger partial charge in [0.25, 0.3) is 11.8 Å². The maximum Gasteiger partial charge on any atom is 0.307 e. The van der Waals surface area contributed by atoms with E-state index in [9.17, 15) is 29.4 Å². The number of benzene rings is 3. The van der Waals surface area contributed by atoms with E-state index in [0.29, 0.717) is 13.1 Å². The Morgan fingerprint density at radius 2 is 0.852 bits per heavy atom. The second kappa shape index (κ2) is 14.9. The number of hydrogen-bond donors (Lipinski definition) is 4. The predicted molar refractivity (Wildman–Crippen MR) is 203 cm³/mol. The summed E-state index contributed by atoms with van der Waals surface area (Å²) in [7, 11) is 0. The van der Waals surface area contributed by atoms with Crippen molar-refractivity contribution in [3.8, 4) is 11.1 Å². The molecule has 12 heteroatoms. The molecule has 12 nitrogen and oxygen atoms in total. The first kappa shape index (κ1) is 37.7. The maximum atomic E-state index is 12.5. The van der Waals surface area contributed by atoms with Crippen molar-refractivity contribution in [2.24, 2.45) is 23.3 Å². The van der Waals surface area contributed by atoms with Crippen molar-refractivity contribution in [1.82, 2.24) is 0 Å². The molecule has 0 saturated carbocycles. The number of nitrogens with zero attached hydrogens (tertiary/aromatic N) is 4. The van der Waals surface area contributed by atoms with Gasteiger partial charge in [-0.25, -0.2) is 0 Å². The number of primary amides is 2. The molecule has 2 unspecified atom stereocenters. The smallest absolute Gasteiger partial charge is 0.307 e. The van der Waals surface area contributed by atoms with Gasteiger partial charge in [0.1, 0.15) is 91.6 Å². The van der Waals surface area contributed by atoms with Gasteiger partial charge in [-0.3, -0.25) is 19.2 Å². The van der Waals surface area contributed by atoms with Gasteiger partial charge in [-0.05, 0) is 53.3 Å². The van der Waals surface area contributed by atoms with Crippen LogP contribution in [-0.2, 0) is 45.1 Å². The minimum Gasteiger partial charge on any atom is -0.481 e. The molecule has 6 heterocycles. The van der Waals surface area contributed by atoms with Crippen LogP contribution in [-0.4, -0.2) is 144 Å². The molecule has 2 amide bonds. The van der Waals surface area contributed by atoms with Gasteiger partial charge in [-0.15, -0.1) is 0 Å². The number of rotatable bonds is 16. The van der Waals surface area contributed by atoms with E-state index < -0.39 is 23.8 Å². The molecule has 9 rings (SSSR count). The summed E-state index contributed by atoms with van der Waals surface area (Å²) < 4.78 is 3.64. The second-order valence-corrected chi connectivity index (χ2v) is 17.1. The molecule has 6 aliphatic rings. The number of amides is 2. The van der Waals surface area contributed by atoms with Gasteiger partial charge in [0, 0.05) is 11.1 Å². The Morgan fingerprint density at radius 1 is 0.481 bits per heavy atom. The van der Waals surface area contributed by atoms with Crippen molar-refractivity contribution < 1.29 is 47.3 Å². The SMILES string of the molecule is NC(=O)C[N+]12CC[N+](Cc3cc(C[N+]45CC[N+](CC(N)=O)(CC4)CC5)cc(-c4ccc(CC(C(=O)O)C(Cc5ccccc5)C(=O)O)cc4)c3)(CC1)CC2. The summed E-state index contributed by atoms with van der Waals surface area (Å²) in [5.74, 6) is -4.79. The first-order valence-electron chi connectivity index (χ1n) is 19.5. The predicted octanol–water partition coefficient (Wildman–Crippen LogP) is 1.83. The summed E-state index contributed by atoms with van der Waals surface area (Å²) in [5, 5.41) is 20.3. The average Bonchev–Trinajstić information content (AvgIpc) is 3.14. The lowest BCUT2D eigenvalue weighted by molar-refractivity contribution is -1.08. The summed E-state index contributed by atoms with van der Waals surface area (Å²) in [6.45, 7) is 14.6. The second-order valence-electron chi connectivity index (χ2n) is 17.1. The Morgan fingerprint density at radius 3 is 1.22 bits per heavy atom. The topological polar surface area (TPSA) is 161 Å². The summed E-state index contributed by atoms with van der Waals surface area (Å²) in [5.41, 5.74) is 17.6. The Hall–Kier alpha value is -4.62. The fourth-order valence-electron chi connectivity index (χ4n) is 10.1. The zero-order chi connectivity index (χ0) is 38.1. The number of piperazine rings is 6. The van der Waals surface area contributed by atoms with Crippen molar-refractivity contribution in [3.63, 3.8) is 0 Å². The zero-order valence-corrected chi connectivity index (χ0v) is 31.3. The van der Waals surface area contributed by atoms with Crippen molar-refractivity contribution in [1.29, 1.82) is 0 Å². The van der Waals surface area contributed by atoms with Gasteiger partial charge in [0.05, 0.1) is 11.8 Å². The summed E-state index contributed by atoms with van der Waals surface area (Å²) in [6, 6.07) is 24.2. The van der Waals surface area contributed by atoms with E-state index in [1.807, 2.05) is 54.6 Å². The lowest BCUT2D eigenvalue weighted by Gasteiger charge is -2.55. The normalized spacial score (nSPS) is 28.3. The summed E-state index contributed by atoms with van der Waals surface area (Å²) in [4.78, 5) is 48.5. The van der Waals surface area contributed by atoms with Crippen molar-refractivity contribution >= 4 is 23.8 Å². The standard InChI is InChI=1S/C42H52N6O6/c43-39(49)29-47-16-10-45(11-17-47,12-18-47)27-33-22-34(28-46-13-19-48(20-14-46,21-15-46)30-40(44)50)24-36(23-33)35-8-6-32(7-9-35)26-38(42(53)54)37(41(51)52)25-31-4-2-1-3-5-31/h1-9,22-24,37-38H,10-21,25-30H2,(H2-4,43,44,49,50,51,52,53,54)/p+4. The van der Waals surface area contributed by atoms with Crippen molar-refractivity contribution in [2.45, 2.75) is 25.9 Å². The molecule has 286 valence electrons. The van der Waals surface area contributed by atoms with E-state index in [1.165, 1.54) is 11.1 Å². The minimum atomic E-state index is -1.11. The van der Waals surface area contributed by atoms with Crippen molar-refractivity contribution in [3.05, 3.63) is 95.1 Å². The number of carboxylic acid groups (broad SMARTS) is 2. The zero-order valence-electron chi connectivity index (χ0n) is 31.3. The Kier molecular flexibility index (Phi) is 10.4. The highest BCUT2D eigenvalue weighted by atomic mass is 16.4. The van der Waals surface area contributed by atoms with Gasteiger partial charge in [-0.1, -0.05) is 54.6 Å². The van der Waals surface area contributed by atoms with Gasteiger partial charge < -0.3 is 39.6 Å². The van der Waals surface area contributed by atoms with Gasteiger partial charge in [0.2, 0.25) is 0 Å². The number of carbonyl (C=O) groups excluding carboxylic acids is 2. The van der Waals surface area contributed by atoms with E-state index in [0.717, 1.165) is 132 Å². The average molecular weight is 741 g/mol. The van der Waals surface area contributed by atoms with Crippen LogP contribution in [0.3, 0.4) is 0 Å².